The normalized spacial score (nSPS) is 16.8. The molecular formula is C32H32FN3O5S. The molecule has 0 spiro atoms. The number of benzene rings is 2. The molecule has 4 aromatic rings. The van der Waals surface area contributed by atoms with Gasteiger partial charge in [-0.15, -0.1) is 0 Å². The monoisotopic (exact) mass is 589 g/mol. The van der Waals surface area contributed by atoms with E-state index in [1.807, 2.05) is 6.07 Å². The minimum atomic E-state index is -3.97. The number of aromatic nitrogens is 2. The molecule has 42 heavy (non-hydrogen) atoms. The van der Waals surface area contributed by atoms with Crippen LogP contribution < -0.4 is 10.5 Å². The summed E-state index contributed by atoms with van der Waals surface area (Å²) in [6, 6.07) is 17.5. The summed E-state index contributed by atoms with van der Waals surface area (Å²) in [7, 11) is -3.97. The van der Waals surface area contributed by atoms with Gasteiger partial charge in [-0.05, 0) is 50.1 Å². The van der Waals surface area contributed by atoms with Gasteiger partial charge in [-0.2, -0.15) is 0 Å². The number of halogens is 1. The summed E-state index contributed by atoms with van der Waals surface area (Å²) < 4.78 is 53.8. The van der Waals surface area contributed by atoms with Crippen LogP contribution in [0.15, 0.2) is 85.1 Å². The Morgan fingerprint density at radius 2 is 1.88 bits per heavy atom. The Morgan fingerprint density at radius 3 is 2.62 bits per heavy atom. The van der Waals surface area contributed by atoms with E-state index in [9.17, 15) is 17.6 Å². The summed E-state index contributed by atoms with van der Waals surface area (Å²) in [5.41, 5.74) is 8.52. The fraction of sp³-hybridized carbons (Fsp3) is 0.250. The first-order valence-electron chi connectivity index (χ1n) is 13.6. The van der Waals surface area contributed by atoms with E-state index in [1.54, 1.807) is 86.7 Å². The summed E-state index contributed by atoms with van der Waals surface area (Å²) in [5, 5.41) is 0.658. The van der Waals surface area contributed by atoms with Gasteiger partial charge in [0.1, 0.15) is 22.9 Å². The molecule has 218 valence electrons. The second-order valence-electron chi connectivity index (χ2n) is 10.2. The number of hydrogen-bond donors (Lipinski definition) is 1. The molecule has 8 nitrogen and oxygen atoms in total. The van der Waals surface area contributed by atoms with Crippen LogP contribution in [-0.4, -0.2) is 34.7 Å². The minimum absolute atomic E-state index is 0.0672. The Morgan fingerprint density at radius 1 is 1.10 bits per heavy atom. The van der Waals surface area contributed by atoms with Crippen molar-refractivity contribution in [2.24, 2.45) is 5.73 Å². The minimum Gasteiger partial charge on any atom is -0.487 e. The van der Waals surface area contributed by atoms with Crippen molar-refractivity contribution in [3.05, 3.63) is 113 Å². The second kappa shape index (κ2) is 11.9. The average molecular weight is 590 g/mol. The summed E-state index contributed by atoms with van der Waals surface area (Å²) in [6.45, 7) is 3.82. The fourth-order valence-electron chi connectivity index (χ4n) is 4.90. The second-order valence-corrected chi connectivity index (χ2v) is 12.5. The van der Waals surface area contributed by atoms with Gasteiger partial charge in [0.15, 0.2) is 5.65 Å². The first-order valence-corrected chi connectivity index (χ1v) is 15.1. The molecule has 2 aromatic heterocycles. The van der Waals surface area contributed by atoms with Gasteiger partial charge in [-0.1, -0.05) is 54.6 Å². The largest absolute Gasteiger partial charge is 0.487 e. The lowest BCUT2D eigenvalue weighted by Gasteiger charge is -2.28. The third kappa shape index (κ3) is 5.60. The number of rotatable bonds is 10. The van der Waals surface area contributed by atoms with Crippen LogP contribution in [0.1, 0.15) is 42.7 Å². The molecule has 0 bridgehead atoms. The first kappa shape index (κ1) is 29.2. The van der Waals surface area contributed by atoms with Gasteiger partial charge in [-0.3, -0.25) is 4.79 Å². The molecule has 0 saturated carbocycles. The van der Waals surface area contributed by atoms with Crippen molar-refractivity contribution in [1.82, 2.24) is 8.96 Å². The van der Waals surface area contributed by atoms with Gasteiger partial charge in [-0.25, -0.2) is 21.8 Å². The molecule has 5 rings (SSSR count). The molecule has 1 atom stereocenters. The van der Waals surface area contributed by atoms with E-state index in [2.05, 4.69) is 4.98 Å². The zero-order valence-electron chi connectivity index (χ0n) is 23.4. The lowest BCUT2D eigenvalue weighted by atomic mass is 9.92. The Labute approximate surface area is 244 Å². The van der Waals surface area contributed by atoms with Crippen LogP contribution in [0.3, 0.4) is 0 Å². The number of nitrogens with zero attached hydrogens (tertiary/aromatic N) is 2. The summed E-state index contributed by atoms with van der Waals surface area (Å²) >= 11 is 0. The molecule has 10 heteroatoms. The predicted molar refractivity (Wildman–Crippen MR) is 160 cm³/mol. The average Bonchev–Trinajstić information content (AvgIpc) is 3.42. The van der Waals surface area contributed by atoms with Crippen LogP contribution >= 0.6 is 0 Å². The number of fused-ring (bicyclic) bond motifs is 1. The zero-order valence-corrected chi connectivity index (χ0v) is 24.2. The molecule has 0 fully saturated rings. The molecule has 0 saturated heterocycles. The lowest BCUT2D eigenvalue weighted by molar-refractivity contribution is -0.142. The van der Waals surface area contributed by atoms with E-state index in [4.69, 9.17) is 15.2 Å². The van der Waals surface area contributed by atoms with Crippen molar-refractivity contribution in [3.63, 3.8) is 0 Å². The molecule has 1 unspecified atom stereocenters. The van der Waals surface area contributed by atoms with Crippen molar-refractivity contribution in [1.29, 1.82) is 0 Å². The number of carbonyl (C=O) groups excluding carboxylic acids is 1. The SMILES string of the molecule is CCOC(=O)Cc1ccccc1OCc1ccc2ccn(S(=O)(=O)C3(C)C=CC(c4cccc(CN)c4F)=CC3)c2n1. The number of carbonyl (C=O) groups is 1. The van der Waals surface area contributed by atoms with Crippen LogP contribution in [0.4, 0.5) is 4.39 Å². The number of allylic oxidation sites excluding steroid dienone is 3. The number of esters is 1. The third-order valence-corrected chi connectivity index (χ3v) is 9.64. The van der Waals surface area contributed by atoms with Crippen LogP contribution in [0.2, 0.25) is 0 Å². The maximum absolute atomic E-state index is 14.9. The molecule has 0 aliphatic heterocycles. The topological polar surface area (TPSA) is 114 Å². The van der Waals surface area contributed by atoms with E-state index in [0.717, 1.165) is 0 Å². The molecule has 1 aliphatic carbocycles. The van der Waals surface area contributed by atoms with E-state index < -0.39 is 20.6 Å². The highest BCUT2D eigenvalue weighted by Gasteiger charge is 2.40. The number of para-hydroxylation sites is 1. The molecule has 2 aromatic carbocycles. The van der Waals surface area contributed by atoms with Gasteiger partial charge >= 0.3 is 5.97 Å². The number of nitrogens with two attached hydrogens (primary N) is 1. The van der Waals surface area contributed by atoms with Gasteiger partial charge in [0.25, 0.3) is 0 Å². The smallest absolute Gasteiger partial charge is 0.310 e. The summed E-state index contributed by atoms with van der Waals surface area (Å²) in [4.78, 5) is 16.6. The summed E-state index contributed by atoms with van der Waals surface area (Å²) in [6.07, 6.45) is 6.70. The Balaban J connectivity index is 1.38. The molecule has 0 amide bonds. The summed E-state index contributed by atoms with van der Waals surface area (Å²) in [5.74, 6) is -0.231. The zero-order chi connectivity index (χ0) is 29.9. The van der Waals surface area contributed by atoms with Crippen LogP contribution in [0.5, 0.6) is 5.75 Å². The van der Waals surface area contributed by atoms with E-state index in [1.165, 1.54) is 10.2 Å². The lowest BCUT2D eigenvalue weighted by Crippen LogP contribution is -2.38. The first-order chi connectivity index (χ1) is 20.2. The molecule has 2 heterocycles. The third-order valence-electron chi connectivity index (χ3n) is 7.35. The maximum atomic E-state index is 14.9. The van der Waals surface area contributed by atoms with Crippen molar-refractivity contribution in [3.8, 4) is 5.75 Å². The van der Waals surface area contributed by atoms with Crippen molar-refractivity contribution < 1.29 is 27.1 Å². The van der Waals surface area contributed by atoms with Crippen LogP contribution in [0, 0.1) is 5.82 Å². The molecular weight excluding hydrogens is 557 g/mol. The van der Waals surface area contributed by atoms with Gasteiger partial charge in [0.2, 0.25) is 10.0 Å². The number of hydrogen-bond acceptors (Lipinski definition) is 7. The van der Waals surface area contributed by atoms with Gasteiger partial charge < -0.3 is 15.2 Å². The van der Waals surface area contributed by atoms with Gasteiger partial charge in [0.05, 0.1) is 18.7 Å². The number of pyridine rings is 1. The fourth-order valence-corrected chi connectivity index (χ4v) is 6.48. The number of ether oxygens (including phenoxy) is 2. The van der Waals surface area contributed by atoms with E-state index in [-0.39, 0.29) is 37.6 Å². The van der Waals surface area contributed by atoms with Crippen LogP contribution in [-0.2, 0) is 39.1 Å². The van der Waals surface area contributed by atoms with Gasteiger partial charge in [0, 0.05) is 34.8 Å². The quantitative estimate of drug-likeness (QED) is 0.250. The van der Waals surface area contributed by atoms with Crippen molar-refractivity contribution in [2.45, 2.75) is 44.6 Å². The van der Waals surface area contributed by atoms with E-state index in [0.29, 0.717) is 45.7 Å². The highest BCUT2D eigenvalue weighted by Crippen LogP contribution is 2.36. The Hall–Kier alpha value is -4.28. The molecule has 0 radical (unpaired) electrons. The molecule has 1 aliphatic rings. The highest BCUT2D eigenvalue weighted by molar-refractivity contribution is 7.91. The Kier molecular flexibility index (Phi) is 8.29. The van der Waals surface area contributed by atoms with Crippen LogP contribution in [0.25, 0.3) is 16.6 Å². The van der Waals surface area contributed by atoms with E-state index >= 15 is 0 Å². The molecule has 2 N–H and O–H groups in total. The maximum Gasteiger partial charge on any atom is 0.310 e. The van der Waals surface area contributed by atoms with Crippen molar-refractivity contribution >= 4 is 32.6 Å². The van der Waals surface area contributed by atoms with Crippen molar-refractivity contribution in [2.75, 3.05) is 6.61 Å². The standard InChI is InChI=1S/C32H32FN3O5S/c1-3-40-29(37)19-24-7-4-5-10-28(24)41-21-26-12-11-23-15-18-36(31(23)35-26)42(38,39)32(2)16-13-22(14-17-32)27-9-6-8-25(20-34)30(27)33/h4-16,18H,3,17,19-21,34H2,1-2H3. The highest BCUT2D eigenvalue weighted by atomic mass is 32.2. The predicted octanol–water partition coefficient (Wildman–Crippen LogP) is 5.30. The Bertz CT molecular complexity index is 1810.